The Morgan fingerprint density at radius 3 is 2.61 bits per heavy atom. The highest BCUT2D eigenvalue weighted by atomic mass is 19.1. The number of imidazole rings is 1. The van der Waals surface area contributed by atoms with E-state index in [1.165, 1.54) is 12.0 Å². The highest BCUT2D eigenvalue weighted by Gasteiger charge is 2.33. The van der Waals surface area contributed by atoms with Gasteiger partial charge in [-0.05, 0) is 31.2 Å². The van der Waals surface area contributed by atoms with Crippen LogP contribution in [0.1, 0.15) is 16.1 Å². The van der Waals surface area contributed by atoms with Gasteiger partial charge in [0.25, 0.3) is 5.91 Å². The summed E-state index contributed by atoms with van der Waals surface area (Å²) in [4.78, 5) is 19.0. The number of rotatable bonds is 6. The van der Waals surface area contributed by atoms with Crippen LogP contribution in [0, 0.1) is 18.6 Å². The fourth-order valence-electron chi connectivity index (χ4n) is 3.80. The van der Waals surface area contributed by atoms with Gasteiger partial charge < -0.3 is 24.0 Å². The van der Waals surface area contributed by atoms with Gasteiger partial charge in [0.1, 0.15) is 29.2 Å². The van der Waals surface area contributed by atoms with Crippen LogP contribution in [-0.4, -0.2) is 57.9 Å². The minimum Gasteiger partial charge on any atom is -0.495 e. The highest BCUT2D eigenvalue weighted by Crippen LogP contribution is 2.27. The van der Waals surface area contributed by atoms with Gasteiger partial charge in [-0.3, -0.25) is 4.79 Å². The summed E-state index contributed by atoms with van der Waals surface area (Å²) in [5.74, 6) is -1.45. The molecule has 1 aromatic heterocycles. The van der Waals surface area contributed by atoms with Crippen molar-refractivity contribution in [1.29, 1.82) is 0 Å². The maximum atomic E-state index is 13.5. The molecule has 1 aliphatic rings. The zero-order valence-corrected chi connectivity index (χ0v) is 18.1. The van der Waals surface area contributed by atoms with Crippen LogP contribution in [0.15, 0.2) is 61.1 Å². The van der Waals surface area contributed by atoms with Crippen molar-refractivity contribution < 1.29 is 28.2 Å². The van der Waals surface area contributed by atoms with Gasteiger partial charge in [-0.25, -0.2) is 13.8 Å². The first-order valence-corrected chi connectivity index (χ1v) is 10.3. The molecule has 2 heterocycles. The summed E-state index contributed by atoms with van der Waals surface area (Å²) >= 11 is 0. The van der Waals surface area contributed by atoms with E-state index in [1.54, 1.807) is 41.2 Å². The Hall–Kier alpha value is -3.72. The lowest BCUT2D eigenvalue weighted by Crippen LogP contribution is -2.52. The van der Waals surface area contributed by atoms with Gasteiger partial charge in [-0.1, -0.05) is 6.08 Å². The number of benzene rings is 2. The number of aryl methyl sites for hydroxylation is 1. The van der Waals surface area contributed by atoms with E-state index >= 15 is 0 Å². The van der Waals surface area contributed by atoms with E-state index in [9.17, 15) is 18.7 Å². The number of halogens is 2. The van der Waals surface area contributed by atoms with Crippen LogP contribution in [-0.2, 0) is 0 Å². The van der Waals surface area contributed by atoms with Crippen LogP contribution < -0.4 is 9.47 Å². The van der Waals surface area contributed by atoms with Gasteiger partial charge in [0.15, 0.2) is 0 Å². The topological polar surface area (TPSA) is 76.8 Å². The molecule has 33 heavy (non-hydrogen) atoms. The van der Waals surface area contributed by atoms with Gasteiger partial charge in [0.2, 0.25) is 0 Å². The molecule has 2 aromatic carbocycles. The lowest BCUT2D eigenvalue weighted by molar-refractivity contribution is 0.0356. The standard InChI is InChI=1S/C24H23F2N3O4/c1-15-12-28(14-27-15)20-6-5-16(8-23(20)32-2)24(31)29-7-3-4-22(21(29)13-30)33-19-10-17(25)9-18(26)11-19/h3-6,8-12,14,21-22,30H,7,13H2,1-2H3. The van der Waals surface area contributed by atoms with Gasteiger partial charge in [-0.2, -0.15) is 0 Å². The predicted molar refractivity (Wildman–Crippen MR) is 117 cm³/mol. The number of hydrogen-bond acceptors (Lipinski definition) is 5. The van der Waals surface area contributed by atoms with Gasteiger partial charge in [0, 0.05) is 36.5 Å². The summed E-state index contributed by atoms with van der Waals surface area (Å²) in [5.41, 5.74) is 1.92. The SMILES string of the molecule is COc1cc(C(=O)N2CC=CC(Oc3cc(F)cc(F)c3)C2CO)ccc1-n1cnc(C)c1. The quantitative estimate of drug-likeness (QED) is 0.578. The Bertz CT molecular complexity index is 1170. The molecule has 3 aromatic rings. The molecule has 2 atom stereocenters. The Morgan fingerprint density at radius 1 is 1.21 bits per heavy atom. The van der Waals surface area contributed by atoms with Crippen molar-refractivity contribution in [2.45, 2.75) is 19.1 Å². The Kier molecular flexibility index (Phi) is 6.41. The third-order valence-electron chi connectivity index (χ3n) is 5.38. The Labute approximate surface area is 189 Å². The van der Waals surface area contributed by atoms with Crippen molar-refractivity contribution in [3.63, 3.8) is 0 Å². The van der Waals surface area contributed by atoms with Gasteiger partial charge in [0.05, 0.1) is 37.5 Å². The molecule has 2 unspecified atom stereocenters. The number of hydrogen-bond donors (Lipinski definition) is 1. The fraction of sp³-hybridized carbons (Fsp3) is 0.250. The first-order valence-electron chi connectivity index (χ1n) is 10.3. The Balaban J connectivity index is 1.58. The van der Waals surface area contributed by atoms with Crippen LogP contribution in [0.2, 0.25) is 0 Å². The average Bonchev–Trinajstić information content (AvgIpc) is 3.23. The molecule has 7 nitrogen and oxygen atoms in total. The van der Waals surface area contributed by atoms with E-state index in [2.05, 4.69) is 4.98 Å². The molecule has 0 spiro atoms. The molecule has 0 fully saturated rings. The number of methoxy groups -OCH3 is 1. The molecule has 0 aliphatic carbocycles. The van der Waals surface area contributed by atoms with Gasteiger partial charge >= 0.3 is 0 Å². The van der Waals surface area contributed by atoms with E-state index in [1.807, 2.05) is 13.1 Å². The van der Waals surface area contributed by atoms with Crippen molar-refractivity contribution in [2.75, 3.05) is 20.3 Å². The lowest BCUT2D eigenvalue weighted by Gasteiger charge is -2.37. The minimum absolute atomic E-state index is 0.0310. The van der Waals surface area contributed by atoms with Crippen LogP contribution >= 0.6 is 0 Å². The molecule has 172 valence electrons. The second-order valence-corrected chi connectivity index (χ2v) is 7.63. The molecular weight excluding hydrogens is 432 g/mol. The third-order valence-corrected chi connectivity index (χ3v) is 5.38. The number of carbonyl (C=O) groups is 1. The summed E-state index contributed by atoms with van der Waals surface area (Å²) in [6, 6.07) is 7.13. The van der Waals surface area contributed by atoms with Crippen LogP contribution in [0.3, 0.4) is 0 Å². The first-order chi connectivity index (χ1) is 15.9. The van der Waals surface area contributed by atoms with Crippen molar-refractivity contribution in [3.8, 4) is 17.2 Å². The zero-order chi connectivity index (χ0) is 23.5. The number of aliphatic hydroxyl groups is 1. The molecule has 9 heteroatoms. The Morgan fingerprint density at radius 2 is 1.97 bits per heavy atom. The molecule has 1 amide bonds. The summed E-state index contributed by atoms with van der Waals surface area (Å²) in [5, 5.41) is 10.0. The summed E-state index contributed by atoms with van der Waals surface area (Å²) in [6.45, 7) is 1.71. The number of aliphatic hydroxyl groups excluding tert-OH is 1. The van der Waals surface area contributed by atoms with Crippen LogP contribution in [0.4, 0.5) is 8.78 Å². The van der Waals surface area contributed by atoms with Crippen molar-refractivity contribution in [3.05, 3.63) is 84.0 Å². The normalized spacial score (nSPS) is 17.8. The molecule has 0 saturated heterocycles. The van der Waals surface area contributed by atoms with Crippen LogP contribution in [0.5, 0.6) is 11.5 Å². The molecular formula is C24H23F2N3O4. The summed E-state index contributed by atoms with van der Waals surface area (Å²) < 4.78 is 40.1. The van der Waals surface area contributed by atoms with E-state index in [-0.39, 0.29) is 18.2 Å². The maximum Gasteiger partial charge on any atom is 0.254 e. The van der Waals surface area contributed by atoms with Crippen molar-refractivity contribution in [1.82, 2.24) is 14.5 Å². The number of aromatic nitrogens is 2. The molecule has 4 rings (SSSR count). The van der Waals surface area contributed by atoms with Crippen LogP contribution in [0.25, 0.3) is 5.69 Å². The molecule has 0 bridgehead atoms. The highest BCUT2D eigenvalue weighted by molar-refractivity contribution is 5.95. The zero-order valence-electron chi connectivity index (χ0n) is 18.1. The molecule has 0 radical (unpaired) electrons. The number of carbonyl (C=O) groups excluding carboxylic acids is 1. The van der Waals surface area contributed by atoms with E-state index < -0.39 is 30.4 Å². The second-order valence-electron chi connectivity index (χ2n) is 7.63. The predicted octanol–water partition coefficient (Wildman–Crippen LogP) is 3.29. The average molecular weight is 455 g/mol. The molecule has 1 aliphatic heterocycles. The van der Waals surface area contributed by atoms with E-state index in [0.717, 1.165) is 29.6 Å². The monoisotopic (exact) mass is 455 g/mol. The number of nitrogens with zero attached hydrogens (tertiary/aromatic N) is 3. The lowest BCUT2D eigenvalue weighted by atomic mass is 10.0. The smallest absolute Gasteiger partial charge is 0.254 e. The van der Waals surface area contributed by atoms with Crippen molar-refractivity contribution in [2.24, 2.45) is 0 Å². The fourth-order valence-corrected chi connectivity index (χ4v) is 3.80. The molecule has 0 saturated carbocycles. The minimum atomic E-state index is -0.788. The van der Waals surface area contributed by atoms with E-state index in [4.69, 9.17) is 9.47 Å². The summed E-state index contributed by atoms with van der Waals surface area (Å²) in [7, 11) is 1.51. The van der Waals surface area contributed by atoms with E-state index in [0.29, 0.717) is 11.3 Å². The first kappa shape index (κ1) is 22.5. The summed E-state index contributed by atoms with van der Waals surface area (Å²) in [6.07, 6.45) is 6.09. The molecule has 1 N–H and O–H groups in total. The van der Waals surface area contributed by atoms with Crippen molar-refractivity contribution >= 4 is 5.91 Å². The largest absolute Gasteiger partial charge is 0.495 e. The maximum absolute atomic E-state index is 13.5. The van der Waals surface area contributed by atoms with Gasteiger partial charge in [-0.15, -0.1) is 0 Å². The number of ether oxygens (including phenoxy) is 2. The number of amides is 1. The second kappa shape index (κ2) is 9.41. The third kappa shape index (κ3) is 4.73.